The molecule has 0 spiro atoms. The standard InChI is InChI=1S/C23H22N2SSi.C15H15B/c1-27(22-14-8-13-21(26)17-22)23(25-16-15-24-18-25,19-9-4-2-5-10-19)20-11-6-3-7-12-20;1-3-7-13(8-4-1)16(15-11-12-15)14-9-5-2-6-10-14/h2-12,14-18,27H,13H2,1H3;1-10,15H,11-12H2. The lowest BCUT2D eigenvalue weighted by atomic mass is 9.37. The van der Waals surface area contributed by atoms with E-state index >= 15 is 0 Å². The molecule has 212 valence electrons. The molecule has 0 aliphatic heterocycles. The molecule has 7 rings (SSSR count). The first-order chi connectivity index (χ1) is 21.2. The van der Waals surface area contributed by atoms with Crippen LogP contribution in [0.2, 0.25) is 12.4 Å². The zero-order valence-corrected chi connectivity index (χ0v) is 26.6. The van der Waals surface area contributed by atoms with Crippen LogP contribution in [0.1, 0.15) is 30.4 Å². The van der Waals surface area contributed by atoms with Crippen LogP contribution in [0.15, 0.2) is 163 Å². The fourth-order valence-corrected chi connectivity index (χ4v) is 10.3. The number of imidazole rings is 1. The second kappa shape index (κ2) is 13.5. The molecule has 1 unspecified atom stereocenters. The molecule has 0 amide bonds. The summed E-state index contributed by atoms with van der Waals surface area (Å²) in [6.45, 7) is 3.03. The Bertz CT molecular complexity index is 1590. The van der Waals surface area contributed by atoms with Crippen molar-refractivity contribution in [1.82, 2.24) is 9.55 Å². The number of rotatable bonds is 8. The predicted molar refractivity (Wildman–Crippen MR) is 190 cm³/mol. The highest BCUT2D eigenvalue weighted by Gasteiger charge is 2.43. The average Bonchev–Trinajstić information content (AvgIpc) is 3.75. The lowest BCUT2D eigenvalue weighted by Gasteiger charge is -2.42. The minimum Gasteiger partial charge on any atom is -0.326 e. The quantitative estimate of drug-likeness (QED) is 0.139. The second-order valence-corrected chi connectivity index (χ2v) is 15.0. The Morgan fingerprint density at radius 3 is 1.72 bits per heavy atom. The van der Waals surface area contributed by atoms with E-state index in [2.05, 4.69) is 162 Å². The van der Waals surface area contributed by atoms with Gasteiger partial charge < -0.3 is 4.57 Å². The fraction of sp³-hybridized carbons (Fsp3) is 0.158. The van der Waals surface area contributed by atoms with Gasteiger partial charge in [-0.3, -0.25) is 0 Å². The molecule has 5 heteroatoms. The monoisotopic (exact) mass is 592 g/mol. The Balaban J connectivity index is 0.000000174. The molecule has 2 nitrogen and oxygen atoms in total. The third kappa shape index (κ3) is 6.34. The van der Waals surface area contributed by atoms with Crippen molar-refractivity contribution in [2.45, 2.75) is 36.8 Å². The van der Waals surface area contributed by atoms with Crippen LogP contribution < -0.4 is 10.9 Å². The van der Waals surface area contributed by atoms with Crippen LogP contribution in [0, 0.1) is 0 Å². The summed E-state index contributed by atoms with van der Waals surface area (Å²) in [6.07, 6.45) is 16.3. The summed E-state index contributed by atoms with van der Waals surface area (Å²) in [7, 11) is -1.61. The van der Waals surface area contributed by atoms with Crippen LogP contribution in [-0.2, 0) is 5.16 Å². The van der Waals surface area contributed by atoms with Crippen molar-refractivity contribution in [1.29, 1.82) is 0 Å². The van der Waals surface area contributed by atoms with Gasteiger partial charge in [0.05, 0.1) is 11.5 Å². The number of thiocarbonyl (C=S) groups is 1. The molecule has 0 N–H and O–H groups in total. The maximum absolute atomic E-state index is 5.53. The fourth-order valence-electron chi connectivity index (χ4n) is 6.64. The topological polar surface area (TPSA) is 17.8 Å². The maximum Gasteiger partial charge on any atom is 0.212 e. The molecule has 5 aromatic rings. The molecular formula is C38H37BN2SSi. The molecule has 1 fully saturated rings. The SMILES string of the molecule is C[SiH](C1=CC(=S)CC=C1)C(c1ccccc1)(c1ccccc1)n1ccnc1.c1ccc(B(c2ccccc2)C2CC2)cc1. The summed E-state index contributed by atoms with van der Waals surface area (Å²) in [4.78, 5) is 5.42. The Morgan fingerprint density at radius 1 is 0.767 bits per heavy atom. The number of hydrogen-bond acceptors (Lipinski definition) is 2. The molecule has 1 saturated carbocycles. The van der Waals surface area contributed by atoms with Crippen molar-refractivity contribution in [3.8, 4) is 0 Å². The first-order valence-electron chi connectivity index (χ1n) is 15.3. The Hall–Kier alpha value is -4.06. The summed E-state index contributed by atoms with van der Waals surface area (Å²) in [5.74, 6) is 0.866. The largest absolute Gasteiger partial charge is 0.326 e. The molecule has 1 aromatic heterocycles. The zero-order chi connectivity index (χ0) is 29.5. The lowest BCUT2D eigenvalue weighted by Crippen LogP contribution is -2.49. The van der Waals surface area contributed by atoms with Crippen molar-refractivity contribution >= 4 is 43.5 Å². The molecule has 4 aromatic carbocycles. The summed E-state index contributed by atoms with van der Waals surface area (Å²) in [5, 5.41) is 1.11. The smallest absolute Gasteiger partial charge is 0.212 e. The van der Waals surface area contributed by atoms with Gasteiger partial charge in [-0.15, -0.1) is 0 Å². The molecule has 1 atom stereocenters. The number of nitrogens with zero attached hydrogens (tertiary/aromatic N) is 2. The minimum absolute atomic E-state index is 0.276. The minimum atomic E-state index is -1.61. The summed E-state index contributed by atoms with van der Waals surface area (Å²) in [5.41, 5.74) is 5.52. The van der Waals surface area contributed by atoms with Crippen LogP contribution in [0.25, 0.3) is 0 Å². The van der Waals surface area contributed by atoms with Crippen LogP contribution >= 0.6 is 12.2 Å². The lowest BCUT2D eigenvalue weighted by molar-refractivity contribution is 0.586. The van der Waals surface area contributed by atoms with E-state index in [1.165, 1.54) is 40.1 Å². The van der Waals surface area contributed by atoms with Gasteiger partial charge >= 0.3 is 0 Å². The second-order valence-electron chi connectivity index (χ2n) is 11.5. The van der Waals surface area contributed by atoms with Gasteiger partial charge in [0, 0.05) is 23.7 Å². The Kier molecular flexibility index (Phi) is 9.11. The van der Waals surface area contributed by atoms with E-state index in [1.807, 2.05) is 12.5 Å². The van der Waals surface area contributed by atoms with Crippen LogP contribution in [0.4, 0.5) is 0 Å². The van der Waals surface area contributed by atoms with E-state index in [0.29, 0.717) is 6.71 Å². The first-order valence-corrected chi connectivity index (χ1v) is 18.0. The average molecular weight is 593 g/mol. The van der Waals surface area contributed by atoms with Gasteiger partial charge in [0.25, 0.3) is 0 Å². The van der Waals surface area contributed by atoms with Crippen molar-refractivity contribution in [2.75, 3.05) is 0 Å². The normalized spacial score (nSPS) is 15.2. The third-order valence-corrected chi connectivity index (χ3v) is 12.7. The van der Waals surface area contributed by atoms with Crippen molar-refractivity contribution < 1.29 is 0 Å². The van der Waals surface area contributed by atoms with E-state index in [9.17, 15) is 0 Å². The number of aromatic nitrogens is 2. The highest BCUT2D eigenvalue weighted by molar-refractivity contribution is 7.80. The van der Waals surface area contributed by atoms with Gasteiger partial charge in [0.2, 0.25) is 6.71 Å². The van der Waals surface area contributed by atoms with Gasteiger partial charge in [-0.05, 0) is 17.2 Å². The van der Waals surface area contributed by atoms with Crippen molar-refractivity contribution in [3.63, 3.8) is 0 Å². The molecule has 0 bridgehead atoms. The van der Waals surface area contributed by atoms with Crippen molar-refractivity contribution in [2.24, 2.45) is 0 Å². The highest BCUT2D eigenvalue weighted by atomic mass is 32.1. The van der Waals surface area contributed by atoms with E-state index in [4.69, 9.17) is 12.2 Å². The van der Waals surface area contributed by atoms with Crippen LogP contribution in [0.5, 0.6) is 0 Å². The van der Waals surface area contributed by atoms with Crippen LogP contribution in [0.3, 0.4) is 0 Å². The Labute approximate surface area is 263 Å². The molecule has 2 aliphatic rings. The number of benzene rings is 4. The zero-order valence-electron chi connectivity index (χ0n) is 24.7. The third-order valence-electron chi connectivity index (χ3n) is 8.83. The number of hydrogen-bond donors (Lipinski definition) is 0. The van der Waals surface area contributed by atoms with Gasteiger partial charge in [-0.2, -0.15) is 0 Å². The highest BCUT2D eigenvalue weighted by Crippen LogP contribution is 2.40. The molecule has 43 heavy (non-hydrogen) atoms. The van der Waals surface area contributed by atoms with Gasteiger partial charge in [-0.1, -0.05) is 187 Å². The molecular weight excluding hydrogens is 555 g/mol. The predicted octanol–water partition coefficient (Wildman–Crippen LogP) is 7.33. The van der Waals surface area contributed by atoms with E-state index < -0.39 is 8.80 Å². The molecule has 0 saturated heterocycles. The van der Waals surface area contributed by atoms with Gasteiger partial charge in [0.1, 0.15) is 8.80 Å². The summed E-state index contributed by atoms with van der Waals surface area (Å²) in [6, 6.07) is 43.4. The van der Waals surface area contributed by atoms with Gasteiger partial charge in [-0.25, -0.2) is 4.98 Å². The van der Waals surface area contributed by atoms with E-state index in [0.717, 1.165) is 17.1 Å². The molecule has 0 radical (unpaired) electrons. The van der Waals surface area contributed by atoms with Gasteiger partial charge in [0.15, 0.2) is 0 Å². The summed E-state index contributed by atoms with van der Waals surface area (Å²) < 4.78 is 2.29. The summed E-state index contributed by atoms with van der Waals surface area (Å²) >= 11 is 5.53. The van der Waals surface area contributed by atoms with E-state index in [-0.39, 0.29) is 5.16 Å². The molecule has 2 aliphatic carbocycles. The van der Waals surface area contributed by atoms with E-state index in [1.54, 1.807) is 0 Å². The maximum atomic E-state index is 5.53. The first kappa shape index (κ1) is 29.0. The molecule has 1 heterocycles. The van der Waals surface area contributed by atoms with Crippen molar-refractivity contribution in [3.05, 3.63) is 175 Å². The van der Waals surface area contributed by atoms with Crippen LogP contribution in [-0.4, -0.2) is 29.9 Å². The number of allylic oxidation sites excluding steroid dienone is 4. The Morgan fingerprint density at radius 2 is 1.28 bits per heavy atom.